The van der Waals surface area contributed by atoms with E-state index in [1.54, 1.807) is 19.2 Å². The van der Waals surface area contributed by atoms with Crippen LogP contribution < -0.4 is 20.2 Å². The van der Waals surface area contributed by atoms with Crippen LogP contribution in [0, 0.1) is 0 Å². The molecule has 0 heterocycles. The van der Waals surface area contributed by atoms with Crippen molar-refractivity contribution < 1.29 is 19.1 Å². The first kappa shape index (κ1) is 20.0. The monoisotopic (exact) mass is 369 g/mol. The van der Waals surface area contributed by atoms with Gasteiger partial charge in [0, 0.05) is 6.54 Å². The standard InChI is InChI=1S/C20H23N3O4/c1-3-12-27-18-10-6-16(7-11-18)14-22-23-20(25)19(24)21-13-15-4-8-17(26-2)9-5-15/h4-11,14H,3,12-13H2,1-2H3,(H,21,24)(H,23,25)/b22-14-. The van der Waals surface area contributed by atoms with Gasteiger partial charge in [0.15, 0.2) is 0 Å². The summed E-state index contributed by atoms with van der Waals surface area (Å²) in [6.45, 7) is 2.94. The van der Waals surface area contributed by atoms with Gasteiger partial charge in [0.2, 0.25) is 0 Å². The van der Waals surface area contributed by atoms with Crippen LogP contribution in [0.2, 0.25) is 0 Å². The van der Waals surface area contributed by atoms with Gasteiger partial charge in [0.1, 0.15) is 11.5 Å². The van der Waals surface area contributed by atoms with E-state index < -0.39 is 11.8 Å². The van der Waals surface area contributed by atoms with Crippen LogP contribution in [0.4, 0.5) is 0 Å². The van der Waals surface area contributed by atoms with Crippen LogP contribution in [-0.4, -0.2) is 31.7 Å². The van der Waals surface area contributed by atoms with E-state index in [0.29, 0.717) is 6.61 Å². The van der Waals surface area contributed by atoms with E-state index in [0.717, 1.165) is 29.0 Å². The smallest absolute Gasteiger partial charge is 0.329 e. The molecule has 0 aromatic heterocycles. The van der Waals surface area contributed by atoms with Crippen LogP contribution in [0.3, 0.4) is 0 Å². The van der Waals surface area contributed by atoms with E-state index in [1.165, 1.54) is 6.21 Å². The summed E-state index contributed by atoms with van der Waals surface area (Å²) in [6.07, 6.45) is 2.40. The highest BCUT2D eigenvalue weighted by Crippen LogP contribution is 2.11. The average Bonchev–Trinajstić information content (AvgIpc) is 2.71. The Kier molecular flexibility index (Phi) is 7.84. The summed E-state index contributed by atoms with van der Waals surface area (Å²) in [4.78, 5) is 23.5. The number of methoxy groups -OCH3 is 1. The first-order chi connectivity index (χ1) is 13.1. The van der Waals surface area contributed by atoms with E-state index in [4.69, 9.17) is 9.47 Å². The summed E-state index contributed by atoms with van der Waals surface area (Å²) < 4.78 is 10.5. The SMILES string of the molecule is CCCOc1ccc(/C=N\NC(=O)C(=O)NCc2ccc(OC)cc2)cc1. The Balaban J connectivity index is 1.76. The Hall–Kier alpha value is -3.35. The van der Waals surface area contributed by atoms with Crippen molar-refractivity contribution >= 4 is 18.0 Å². The molecule has 0 fully saturated rings. The fourth-order valence-corrected chi connectivity index (χ4v) is 2.09. The molecule has 0 radical (unpaired) electrons. The van der Waals surface area contributed by atoms with Crippen LogP contribution in [0.1, 0.15) is 24.5 Å². The van der Waals surface area contributed by atoms with E-state index in [1.807, 2.05) is 43.3 Å². The molecular weight excluding hydrogens is 346 g/mol. The first-order valence-corrected chi connectivity index (χ1v) is 8.59. The second-order valence-corrected chi connectivity index (χ2v) is 5.65. The minimum atomic E-state index is -0.831. The van der Waals surface area contributed by atoms with Crippen LogP contribution in [-0.2, 0) is 16.1 Å². The number of carbonyl (C=O) groups is 2. The third kappa shape index (κ3) is 6.81. The molecule has 0 aliphatic carbocycles. The van der Waals surface area contributed by atoms with Gasteiger partial charge in [-0.05, 0) is 53.9 Å². The fourth-order valence-electron chi connectivity index (χ4n) is 2.09. The van der Waals surface area contributed by atoms with E-state index in [-0.39, 0.29) is 6.54 Å². The lowest BCUT2D eigenvalue weighted by Crippen LogP contribution is -2.37. The van der Waals surface area contributed by atoms with Gasteiger partial charge in [-0.2, -0.15) is 5.10 Å². The second kappa shape index (κ2) is 10.6. The van der Waals surface area contributed by atoms with Crippen molar-refractivity contribution in [2.75, 3.05) is 13.7 Å². The Morgan fingerprint density at radius 3 is 2.30 bits per heavy atom. The molecule has 27 heavy (non-hydrogen) atoms. The maximum absolute atomic E-state index is 11.8. The Labute approximate surface area is 158 Å². The molecule has 0 bridgehead atoms. The zero-order valence-electron chi connectivity index (χ0n) is 15.4. The lowest BCUT2D eigenvalue weighted by atomic mass is 10.2. The zero-order chi connectivity index (χ0) is 19.5. The van der Waals surface area contributed by atoms with Gasteiger partial charge < -0.3 is 14.8 Å². The molecule has 0 saturated heterocycles. The Bertz CT molecular complexity index is 771. The van der Waals surface area contributed by atoms with Crippen LogP contribution in [0.15, 0.2) is 53.6 Å². The zero-order valence-corrected chi connectivity index (χ0v) is 15.4. The van der Waals surface area contributed by atoms with Gasteiger partial charge in [0.25, 0.3) is 0 Å². The van der Waals surface area contributed by atoms with Gasteiger partial charge in [-0.3, -0.25) is 9.59 Å². The number of hydrazone groups is 1. The largest absolute Gasteiger partial charge is 0.497 e. The molecule has 142 valence electrons. The number of ether oxygens (including phenoxy) is 2. The molecule has 0 spiro atoms. The van der Waals surface area contributed by atoms with Crippen LogP contribution in [0.5, 0.6) is 11.5 Å². The number of carbonyl (C=O) groups excluding carboxylic acids is 2. The lowest BCUT2D eigenvalue weighted by Gasteiger charge is -2.05. The molecular formula is C20H23N3O4. The van der Waals surface area contributed by atoms with Crippen molar-refractivity contribution in [2.24, 2.45) is 5.10 Å². The normalized spacial score (nSPS) is 10.4. The summed E-state index contributed by atoms with van der Waals surface area (Å²) in [7, 11) is 1.58. The average molecular weight is 369 g/mol. The van der Waals surface area contributed by atoms with Crippen molar-refractivity contribution in [1.29, 1.82) is 0 Å². The van der Waals surface area contributed by atoms with Crippen molar-refractivity contribution in [3.63, 3.8) is 0 Å². The van der Waals surface area contributed by atoms with Gasteiger partial charge in [0.05, 0.1) is 19.9 Å². The third-order valence-electron chi connectivity index (χ3n) is 3.55. The minimum Gasteiger partial charge on any atom is -0.497 e. The number of benzene rings is 2. The van der Waals surface area contributed by atoms with E-state index >= 15 is 0 Å². The summed E-state index contributed by atoms with van der Waals surface area (Å²) in [5, 5.41) is 6.32. The molecule has 7 heteroatoms. The summed E-state index contributed by atoms with van der Waals surface area (Å²) in [5.74, 6) is -0.0907. The predicted molar refractivity (Wildman–Crippen MR) is 103 cm³/mol. The van der Waals surface area contributed by atoms with Crippen LogP contribution >= 0.6 is 0 Å². The van der Waals surface area contributed by atoms with Crippen molar-refractivity contribution in [3.05, 3.63) is 59.7 Å². The Morgan fingerprint density at radius 1 is 1.00 bits per heavy atom. The van der Waals surface area contributed by atoms with Gasteiger partial charge >= 0.3 is 11.8 Å². The summed E-state index contributed by atoms with van der Waals surface area (Å²) in [6, 6.07) is 14.4. The van der Waals surface area contributed by atoms with Crippen molar-refractivity contribution in [1.82, 2.24) is 10.7 Å². The maximum Gasteiger partial charge on any atom is 0.329 e. The summed E-state index contributed by atoms with van der Waals surface area (Å²) in [5.41, 5.74) is 3.83. The number of hydrogen-bond acceptors (Lipinski definition) is 5. The van der Waals surface area contributed by atoms with E-state index in [9.17, 15) is 9.59 Å². The molecule has 2 amide bonds. The topological polar surface area (TPSA) is 89.0 Å². The highest BCUT2D eigenvalue weighted by molar-refractivity contribution is 6.35. The Morgan fingerprint density at radius 2 is 1.67 bits per heavy atom. The fraction of sp³-hybridized carbons (Fsp3) is 0.250. The molecule has 2 rings (SSSR count). The molecule has 0 aliphatic rings. The number of nitrogens with one attached hydrogen (secondary N) is 2. The minimum absolute atomic E-state index is 0.235. The van der Waals surface area contributed by atoms with E-state index in [2.05, 4.69) is 15.8 Å². The van der Waals surface area contributed by atoms with Crippen LogP contribution in [0.25, 0.3) is 0 Å². The number of rotatable bonds is 8. The number of amides is 2. The molecule has 0 aliphatic heterocycles. The molecule has 0 atom stereocenters. The van der Waals surface area contributed by atoms with Gasteiger partial charge in [-0.1, -0.05) is 19.1 Å². The number of nitrogens with zero attached hydrogens (tertiary/aromatic N) is 1. The molecule has 7 nitrogen and oxygen atoms in total. The predicted octanol–water partition coefficient (Wildman–Crippen LogP) is 2.25. The van der Waals surface area contributed by atoms with Crippen molar-refractivity contribution in [2.45, 2.75) is 19.9 Å². The molecule has 2 N–H and O–H groups in total. The lowest BCUT2D eigenvalue weighted by molar-refractivity contribution is -0.139. The maximum atomic E-state index is 11.8. The summed E-state index contributed by atoms with van der Waals surface area (Å²) >= 11 is 0. The highest BCUT2D eigenvalue weighted by atomic mass is 16.5. The van der Waals surface area contributed by atoms with Crippen molar-refractivity contribution in [3.8, 4) is 11.5 Å². The molecule has 2 aromatic rings. The van der Waals surface area contributed by atoms with Gasteiger partial charge in [-0.25, -0.2) is 5.43 Å². The highest BCUT2D eigenvalue weighted by Gasteiger charge is 2.11. The molecule has 0 saturated carbocycles. The second-order valence-electron chi connectivity index (χ2n) is 5.65. The first-order valence-electron chi connectivity index (χ1n) is 8.59. The quantitative estimate of drug-likeness (QED) is 0.424. The third-order valence-corrected chi connectivity index (χ3v) is 3.55. The van der Waals surface area contributed by atoms with Gasteiger partial charge in [-0.15, -0.1) is 0 Å². The number of hydrogen-bond donors (Lipinski definition) is 2. The molecule has 0 unspecified atom stereocenters. The molecule has 2 aromatic carbocycles.